The molecule has 33 heteroatoms. The quantitative estimate of drug-likeness (QED) is 0.113. The molecule has 35 atom stereocenters. The average Bonchev–Trinajstić information content (AvgIpc) is 0.889. The number of aliphatic hydroxyl groups is 21. The predicted octanol–water partition coefficient (Wildman–Crippen LogP) is -9.26. The van der Waals surface area contributed by atoms with Crippen molar-refractivity contribution in [1.82, 2.24) is 0 Å². The normalized spacial score (nSPS) is 50.3. The summed E-state index contributed by atoms with van der Waals surface area (Å²) in [7, 11) is 0. The zero-order valence-corrected chi connectivity index (χ0v) is 49.7. The molecule has 87 heavy (non-hydrogen) atoms. The molecule has 514 valence electrons. The lowest BCUT2D eigenvalue weighted by Crippen LogP contribution is -2.68. The molecule has 3 saturated carbocycles. The smallest absolute Gasteiger partial charge is 0.187 e. The van der Waals surface area contributed by atoms with Crippen LogP contribution in [0.2, 0.25) is 0 Å². The molecular weight excluding hydrogens is 1180 g/mol. The summed E-state index contributed by atoms with van der Waals surface area (Å²) in [6.07, 6.45) is -57.7. The first kappa shape index (κ1) is 76.4. The molecule has 0 amide bonds. The van der Waals surface area contributed by atoms with E-state index in [1.54, 1.807) is 0 Å². The minimum Gasteiger partial charge on any atom is -0.396 e. The van der Waals surface area contributed by atoms with Gasteiger partial charge in [-0.25, -0.2) is 0 Å². The molecule has 19 aliphatic heterocycles. The second-order valence-electron chi connectivity index (χ2n) is 22.0. The molecule has 0 aromatic heterocycles. The van der Waals surface area contributed by atoms with Gasteiger partial charge in [0.15, 0.2) is 31.5 Å². The molecule has 22 aliphatic rings. The lowest BCUT2D eigenvalue weighted by Gasteiger charge is -2.50. The lowest BCUT2D eigenvalue weighted by atomic mass is 9.78. The second kappa shape index (κ2) is 35.8. The van der Waals surface area contributed by atoms with Gasteiger partial charge in [-0.15, -0.1) is 0 Å². The Balaban J connectivity index is 0.00000129. The first-order chi connectivity index (χ1) is 41.7. The van der Waals surface area contributed by atoms with E-state index in [9.17, 15) is 107 Å². The van der Waals surface area contributed by atoms with Gasteiger partial charge in [0, 0.05) is 25.0 Å². The van der Waals surface area contributed by atoms with Crippen molar-refractivity contribution in [2.45, 2.75) is 282 Å². The molecule has 0 aromatic carbocycles. The van der Waals surface area contributed by atoms with Gasteiger partial charge in [-0.3, -0.25) is 0 Å². The molecule has 3 aliphatic carbocycles. The van der Waals surface area contributed by atoms with E-state index in [1.807, 2.05) is 41.5 Å². The van der Waals surface area contributed by atoms with Crippen molar-refractivity contribution in [3.63, 3.8) is 0 Å². The van der Waals surface area contributed by atoms with Crippen LogP contribution in [0.15, 0.2) is 0 Å². The average molecular weight is 1280 g/mol. The van der Waals surface area contributed by atoms with Crippen molar-refractivity contribution in [2.24, 2.45) is 11.8 Å². The van der Waals surface area contributed by atoms with Crippen molar-refractivity contribution in [3.8, 4) is 0 Å². The maximum absolute atomic E-state index is 11.5. The highest BCUT2D eigenvalue weighted by atomic mass is 16.8. The number of rotatable bonds is 7. The van der Waals surface area contributed by atoms with E-state index in [-0.39, 0.29) is 12.8 Å². The summed E-state index contributed by atoms with van der Waals surface area (Å²) in [6.45, 7) is 5.38. The first-order valence-electron chi connectivity index (χ1n) is 30.3. The molecule has 19 saturated heterocycles. The Labute approximate surface area is 503 Å². The number of aliphatic hydroxyl groups excluding tert-OH is 21. The largest absolute Gasteiger partial charge is 0.396 e. The molecule has 33 nitrogen and oxygen atoms in total. The third-order valence-electron chi connectivity index (χ3n) is 16.8. The van der Waals surface area contributed by atoms with Gasteiger partial charge < -0.3 is 164 Å². The highest BCUT2D eigenvalue weighted by molar-refractivity contribution is 5.03. The summed E-state index contributed by atoms with van der Waals surface area (Å²) in [6, 6.07) is 0. The summed E-state index contributed by atoms with van der Waals surface area (Å²) in [4.78, 5) is 0. The van der Waals surface area contributed by atoms with E-state index in [0.29, 0.717) is 0 Å². The minimum atomic E-state index is -2.19. The molecule has 0 spiro atoms. The Morgan fingerprint density at radius 3 is 0.609 bits per heavy atom. The number of hydrogen-bond donors (Lipinski definition) is 21. The fraction of sp³-hybridized carbons (Fsp3) is 1.00. The summed E-state index contributed by atoms with van der Waals surface area (Å²) in [5.74, 6) is -2.34. The van der Waals surface area contributed by atoms with Gasteiger partial charge in [0.25, 0.3) is 0 Å². The zero-order chi connectivity index (χ0) is 64.9. The number of hydrogen-bond acceptors (Lipinski definition) is 33. The summed E-state index contributed by atoms with van der Waals surface area (Å²) < 4.78 is 69.2. The maximum Gasteiger partial charge on any atom is 0.187 e. The molecule has 0 radical (unpaired) electrons. The van der Waals surface area contributed by atoms with E-state index in [2.05, 4.69) is 0 Å². The summed E-state index contributed by atoms with van der Waals surface area (Å²) >= 11 is 0. The van der Waals surface area contributed by atoms with Gasteiger partial charge in [-0.1, -0.05) is 67.2 Å². The molecule has 35 unspecified atom stereocenters. The standard InChI is InChI=1S/C44H74O33.C4H8.3C2H6/c45-3-10-1-13-20(53)21(54)33(10)66-12-2-11(4-46)34(22(55)19(12)52)73-40-29(62)24(57)36(15(6-48)69-40)75-42-31(64)26(59)38(17(8-50)71-42)77-44-32(65)27(60)39(18(9-51)72-44)76-43-30(63)25(58)37(16(7-49)70-43)74-41-28(61)23(56)35(67-13)14(5-47)68-41;1-2-4-3-1;3*1-2/h10-65H,1-9H2;1-4H2;3*1-2H3. The Hall–Kier alpha value is -1.32. The monoisotopic (exact) mass is 1280 g/mol. The second-order valence-corrected chi connectivity index (χ2v) is 22.0. The van der Waals surface area contributed by atoms with Gasteiger partial charge in [-0.2, -0.15) is 0 Å². The fourth-order valence-electron chi connectivity index (χ4n) is 11.6. The fourth-order valence-corrected chi connectivity index (χ4v) is 11.6. The molecule has 14 bridgehead atoms. The molecule has 22 fully saturated rings. The Morgan fingerprint density at radius 2 is 0.402 bits per heavy atom. The SMILES string of the molecule is C1CCC1.CC.CC.CC.OCC1CC2OC3C(CO)OC(OC4C(CO)OC(OC5C(CO)OC(OC6C(CO)OC(OC7C(CO)OC(OC8C(CO)CC(OC1C(O)C2O)C(O)C8O)C(O)C7O)C(O)C6O)C(O)C5O)C(O)C4O)C(O)C3O. The Bertz CT molecular complexity index is 1530. The van der Waals surface area contributed by atoms with E-state index >= 15 is 0 Å². The minimum absolute atomic E-state index is 0.372. The van der Waals surface area contributed by atoms with Gasteiger partial charge in [-0.05, 0) is 12.8 Å². The van der Waals surface area contributed by atoms with Gasteiger partial charge in [0.2, 0.25) is 0 Å². The number of ether oxygens (including phenoxy) is 12. The van der Waals surface area contributed by atoms with Crippen LogP contribution in [0.5, 0.6) is 0 Å². The lowest BCUT2D eigenvalue weighted by molar-refractivity contribution is -0.395. The third kappa shape index (κ3) is 17.0. The maximum atomic E-state index is 11.5. The highest BCUT2D eigenvalue weighted by Crippen LogP contribution is 2.41. The predicted molar refractivity (Wildman–Crippen MR) is 287 cm³/mol. The van der Waals surface area contributed by atoms with Crippen LogP contribution in [0.4, 0.5) is 0 Å². The Kier molecular flexibility index (Phi) is 31.4. The van der Waals surface area contributed by atoms with Crippen LogP contribution < -0.4 is 0 Å². The molecule has 22 rings (SSSR count). The topological polar surface area (TPSA) is 536 Å². The van der Waals surface area contributed by atoms with E-state index < -0.39 is 260 Å². The molecule has 19 heterocycles. The molecule has 0 aromatic rings. The van der Waals surface area contributed by atoms with Crippen LogP contribution in [-0.2, 0) is 56.8 Å². The van der Waals surface area contributed by atoms with Crippen LogP contribution in [0.25, 0.3) is 0 Å². The third-order valence-corrected chi connectivity index (χ3v) is 16.8. The van der Waals surface area contributed by atoms with Crippen molar-refractivity contribution in [3.05, 3.63) is 0 Å². The van der Waals surface area contributed by atoms with Crippen LogP contribution in [0, 0.1) is 11.8 Å². The molecular formula is C54H100O33. The molecule has 21 N–H and O–H groups in total. The Morgan fingerprint density at radius 1 is 0.218 bits per heavy atom. The van der Waals surface area contributed by atoms with Crippen molar-refractivity contribution in [2.75, 3.05) is 46.2 Å². The summed E-state index contributed by atoms with van der Waals surface area (Å²) in [5.41, 5.74) is 0. The van der Waals surface area contributed by atoms with Crippen molar-refractivity contribution >= 4 is 0 Å². The van der Waals surface area contributed by atoms with E-state index in [0.717, 1.165) is 0 Å². The van der Waals surface area contributed by atoms with Crippen molar-refractivity contribution < 1.29 is 164 Å². The van der Waals surface area contributed by atoms with E-state index in [1.165, 1.54) is 25.7 Å². The van der Waals surface area contributed by atoms with Gasteiger partial charge in [0.1, 0.15) is 146 Å². The van der Waals surface area contributed by atoms with Crippen LogP contribution in [0.1, 0.15) is 80.1 Å². The van der Waals surface area contributed by atoms with Gasteiger partial charge in [0.05, 0.1) is 57.5 Å². The highest BCUT2D eigenvalue weighted by Gasteiger charge is 2.59. The van der Waals surface area contributed by atoms with Crippen LogP contribution in [0.3, 0.4) is 0 Å². The van der Waals surface area contributed by atoms with Crippen LogP contribution in [-0.4, -0.2) is 356 Å². The first-order valence-corrected chi connectivity index (χ1v) is 30.3. The summed E-state index contributed by atoms with van der Waals surface area (Å²) in [5, 5.41) is 232. The van der Waals surface area contributed by atoms with Crippen LogP contribution >= 0.6 is 0 Å². The van der Waals surface area contributed by atoms with Crippen molar-refractivity contribution in [1.29, 1.82) is 0 Å². The van der Waals surface area contributed by atoms with E-state index in [4.69, 9.17) is 56.8 Å². The zero-order valence-electron chi connectivity index (χ0n) is 49.7. The van der Waals surface area contributed by atoms with Gasteiger partial charge >= 0.3 is 0 Å².